The number of halogens is 4. The van der Waals surface area contributed by atoms with Crippen LogP contribution < -0.4 is 10.5 Å². The molecular weight excluding hydrogens is 266 g/mol. The molecule has 1 atom stereocenters. The zero-order chi connectivity index (χ0) is 14.5. The molecule has 0 spiro atoms. The molecule has 7 heteroatoms. The van der Waals surface area contributed by atoms with Gasteiger partial charge in [-0.3, -0.25) is 0 Å². The van der Waals surface area contributed by atoms with Crippen molar-refractivity contribution in [3.8, 4) is 5.75 Å². The molecule has 0 saturated carbocycles. The predicted octanol–water partition coefficient (Wildman–Crippen LogP) is 2.80. The molecule has 0 radical (unpaired) electrons. The van der Waals surface area contributed by atoms with Crippen LogP contribution in [0.1, 0.15) is 18.5 Å². The molecule has 0 aliphatic rings. The Morgan fingerprint density at radius 1 is 1.26 bits per heavy atom. The Hall–Kier alpha value is -1.34. The lowest BCUT2D eigenvalue weighted by molar-refractivity contribution is -0.175. The summed E-state index contributed by atoms with van der Waals surface area (Å²) < 4.78 is 58.0. The summed E-state index contributed by atoms with van der Waals surface area (Å²) in [6.45, 7) is 0.00752. The molecule has 0 saturated heterocycles. The minimum absolute atomic E-state index is 0.112. The monoisotopic (exact) mass is 281 g/mol. The van der Waals surface area contributed by atoms with Gasteiger partial charge in [0.15, 0.2) is 0 Å². The van der Waals surface area contributed by atoms with Gasteiger partial charge >= 0.3 is 6.18 Å². The zero-order valence-electron chi connectivity index (χ0n) is 10.3. The van der Waals surface area contributed by atoms with Crippen LogP contribution in [0.3, 0.4) is 0 Å². The molecule has 108 valence electrons. The molecule has 0 unspecified atom stereocenters. The highest BCUT2D eigenvalue weighted by atomic mass is 19.4. The Morgan fingerprint density at radius 2 is 1.95 bits per heavy atom. The van der Waals surface area contributed by atoms with Gasteiger partial charge in [-0.1, -0.05) is 6.07 Å². The van der Waals surface area contributed by atoms with Gasteiger partial charge in [-0.05, 0) is 13.0 Å². The molecule has 0 bridgehead atoms. The highest BCUT2D eigenvalue weighted by Gasteiger charge is 2.27. The van der Waals surface area contributed by atoms with E-state index in [4.69, 9.17) is 10.5 Å². The van der Waals surface area contributed by atoms with Crippen LogP contribution in [0.2, 0.25) is 0 Å². The molecule has 3 nitrogen and oxygen atoms in total. The molecule has 0 aliphatic heterocycles. The van der Waals surface area contributed by atoms with Gasteiger partial charge in [0.2, 0.25) is 0 Å². The van der Waals surface area contributed by atoms with E-state index in [-0.39, 0.29) is 25.0 Å². The minimum Gasteiger partial charge on any atom is -0.491 e. The second-order valence-electron chi connectivity index (χ2n) is 3.99. The van der Waals surface area contributed by atoms with Crippen LogP contribution in [0, 0.1) is 5.82 Å². The highest BCUT2D eigenvalue weighted by Crippen LogP contribution is 2.24. The third kappa shape index (κ3) is 5.89. The first-order chi connectivity index (χ1) is 8.79. The summed E-state index contributed by atoms with van der Waals surface area (Å²) in [5, 5.41) is 0. The van der Waals surface area contributed by atoms with Crippen LogP contribution in [-0.4, -0.2) is 26.0 Å². The first-order valence-electron chi connectivity index (χ1n) is 5.62. The number of benzene rings is 1. The molecule has 19 heavy (non-hydrogen) atoms. The summed E-state index contributed by atoms with van der Waals surface area (Å²) in [6, 6.07) is 3.49. The van der Waals surface area contributed by atoms with Crippen LogP contribution in [0.4, 0.5) is 17.6 Å². The summed E-state index contributed by atoms with van der Waals surface area (Å²) in [6.07, 6.45) is -4.37. The van der Waals surface area contributed by atoms with Crippen LogP contribution in [0.5, 0.6) is 5.75 Å². The summed E-state index contributed by atoms with van der Waals surface area (Å²) >= 11 is 0. The van der Waals surface area contributed by atoms with E-state index in [2.05, 4.69) is 4.74 Å². The predicted molar refractivity (Wildman–Crippen MR) is 61.4 cm³/mol. The van der Waals surface area contributed by atoms with Gasteiger partial charge < -0.3 is 15.2 Å². The normalized spacial score (nSPS) is 13.4. The molecule has 0 aliphatic carbocycles. The minimum atomic E-state index is -4.37. The Kier molecular flexibility index (Phi) is 5.56. The summed E-state index contributed by atoms with van der Waals surface area (Å²) in [5.74, 6) is -0.291. The fourth-order valence-corrected chi connectivity index (χ4v) is 1.41. The number of ether oxygens (including phenoxy) is 2. The average molecular weight is 281 g/mol. The van der Waals surface area contributed by atoms with E-state index >= 15 is 0 Å². The van der Waals surface area contributed by atoms with Crippen molar-refractivity contribution in [3.63, 3.8) is 0 Å². The van der Waals surface area contributed by atoms with Crippen molar-refractivity contribution in [2.24, 2.45) is 5.73 Å². The Morgan fingerprint density at radius 3 is 2.53 bits per heavy atom. The molecule has 1 aromatic rings. The first kappa shape index (κ1) is 15.7. The standard InChI is InChI=1S/C12H15F4NO2/c1-8(17)10-3-2-9(13)6-11(10)19-5-4-18-7-12(14,15)16/h2-3,6,8H,4-5,7,17H2,1H3/t8-/m0/s1. The molecule has 0 fully saturated rings. The van der Waals surface area contributed by atoms with Gasteiger partial charge in [-0.25, -0.2) is 4.39 Å². The summed E-state index contributed by atoms with van der Waals surface area (Å²) in [5.41, 5.74) is 6.25. The molecular formula is C12H15F4NO2. The van der Waals surface area contributed by atoms with Crippen molar-refractivity contribution in [1.82, 2.24) is 0 Å². The van der Waals surface area contributed by atoms with E-state index in [9.17, 15) is 17.6 Å². The number of nitrogens with two attached hydrogens (primary N) is 1. The van der Waals surface area contributed by atoms with Crippen molar-refractivity contribution in [2.75, 3.05) is 19.8 Å². The lowest BCUT2D eigenvalue weighted by Gasteiger charge is -2.14. The maximum atomic E-state index is 13.0. The molecule has 1 rings (SSSR count). The van der Waals surface area contributed by atoms with Crippen molar-refractivity contribution < 1.29 is 27.0 Å². The maximum absolute atomic E-state index is 13.0. The maximum Gasteiger partial charge on any atom is 0.411 e. The van der Waals surface area contributed by atoms with Crippen molar-refractivity contribution >= 4 is 0 Å². The average Bonchev–Trinajstić information content (AvgIpc) is 2.26. The number of alkyl halides is 3. The van der Waals surface area contributed by atoms with Crippen molar-refractivity contribution in [2.45, 2.75) is 19.1 Å². The Balaban J connectivity index is 2.46. The fraction of sp³-hybridized carbons (Fsp3) is 0.500. The highest BCUT2D eigenvalue weighted by molar-refractivity contribution is 5.36. The molecule has 0 aromatic heterocycles. The number of rotatable bonds is 6. The SMILES string of the molecule is C[C@H](N)c1ccc(F)cc1OCCOCC(F)(F)F. The van der Waals surface area contributed by atoms with Crippen LogP contribution in [0.25, 0.3) is 0 Å². The molecule has 0 amide bonds. The molecule has 1 aromatic carbocycles. The van der Waals surface area contributed by atoms with Gasteiger partial charge in [0.1, 0.15) is 24.8 Å². The topological polar surface area (TPSA) is 44.5 Å². The lowest BCUT2D eigenvalue weighted by atomic mass is 10.1. The Labute approximate surface area is 108 Å². The second kappa shape index (κ2) is 6.72. The van der Waals surface area contributed by atoms with E-state index in [1.807, 2.05) is 0 Å². The van der Waals surface area contributed by atoms with E-state index < -0.39 is 18.6 Å². The number of hydrogen-bond donors (Lipinski definition) is 1. The van der Waals surface area contributed by atoms with Gasteiger partial charge in [0.05, 0.1) is 6.61 Å². The third-order valence-corrected chi connectivity index (χ3v) is 2.22. The largest absolute Gasteiger partial charge is 0.491 e. The van der Waals surface area contributed by atoms with E-state index in [1.54, 1.807) is 6.92 Å². The van der Waals surface area contributed by atoms with Gasteiger partial charge in [-0.15, -0.1) is 0 Å². The number of hydrogen-bond acceptors (Lipinski definition) is 3. The van der Waals surface area contributed by atoms with Crippen molar-refractivity contribution in [3.05, 3.63) is 29.6 Å². The quantitative estimate of drug-likeness (QED) is 0.644. The van der Waals surface area contributed by atoms with E-state index in [0.29, 0.717) is 5.56 Å². The smallest absolute Gasteiger partial charge is 0.411 e. The zero-order valence-corrected chi connectivity index (χ0v) is 10.3. The summed E-state index contributed by atoms with van der Waals surface area (Å²) in [7, 11) is 0. The van der Waals surface area contributed by atoms with Crippen molar-refractivity contribution in [1.29, 1.82) is 0 Å². The Bertz CT molecular complexity index is 407. The van der Waals surface area contributed by atoms with Gasteiger partial charge in [0.25, 0.3) is 0 Å². The fourth-order valence-electron chi connectivity index (χ4n) is 1.41. The molecule has 2 N–H and O–H groups in total. The second-order valence-corrected chi connectivity index (χ2v) is 3.99. The van der Waals surface area contributed by atoms with Crippen LogP contribution in [0.15, 0.2) is 18.2 Å². The van der Waals surface area contributed by atoms with Crippen LogP contribution in [-0.2, 0) is 4.74 Å². The lowest BCUT2D eigenvalue weighted by Crippen LogP contribution is -2.19. The third-order valence-electron chi connectivity index (χ3n) is 2.22. The van der Waals surface area contributed by atoms with Gasteiger partial charge in [0, 0.05) is 17.7 Å². The van der Waals surface area contributed by atoms with Crippen LogP contribution >= 0.6 is 0 Å². The van der Waals surface area contributed by atoms with E-state index in [0.717, 1.165) is 6.07 Å². The van der Waals surface area contributed by atoms with E-state index in [1.165, 1.54) is 12.1 Å². The molecule has 0 heterocycles. The summed E-state index contributed by atoms with van der Waals surface area (Å²) in [4.78, 5) is 0. The van der Waals surface area contributed by atoms with Gasteiger partial charge in [-0.2, -0.15) is 13.2 Å². The first-order valence-corrected chi connectivity index (χ1v) is 5.62.